The molecule has 1 aromatic rings. The monoisotopic (exact) mass is 255 g/mol. The van der Waals surface area contributed by atoms with Crippen LogP contribution in [-0.4, -0.2) is 12.1 Å². The van der Waals surface area contributed by atoms with Crippen LogP contribution in [0.2, 0.25) is 0 Å². The van der Waals surface area contributed by atoms with Crippen molar-refractivity contribution >= 4 is 30.2 Å². The molecule has 0 aromatic heterocycles. The molecular formula is C13H19ClNP. The number of benzene rings is 1. The van der Waals surface area contributed by atoms with Crippen LogP contribution >= 0.6 is 19.2 Å². The molecule has 1 aliphatic rings. The Bertz CT molecular complexity index is 370. The average Bonchev–Trinajstić information content (AvgIpc) is 2.59. The summed E-state index contributed by atoms with van der Waals surface area (Å²) >= 11 is 6.08. The van der Waals surface area contributed by atoms with E-state index >= 15 is 0 Å². The van der Waals surface area contributed by atoms with E-state index in [0.29, 0.717) is 20.0 Å². The van der Waals surface area contributed by atoms with Crippen LogP contribution in [0, 0.1) is 6.92 Å². The third-order valence-electron chi connectivity index (χ3n) is 3.48. The lowest BCUT2D eigenvalue weighted by Gasteiger charge is -2.30. The molecule has 1 saturated heterocycles. The summed E-state index contributed by atoms with van der Waals surface area (Å²) < 4.78 is 0. The van der Waals surface area contributed by atoms with Gasteiger partial charge in [-0.3, -0.25) is 0 Å². The van der Waals surface area contributed by atoms with Gasteiger partial charge in [0.15, 0.2) is 0 Å². The van der Waals surface area contributed by atoms with Gasteiger partial charge in [-0.1, -0.05) is 22.9 Å². The minimum Gasteiger partial charge on any atom is -0.366 e. The maximum atomic E-state index is 6.08. The van der Waals surface area contributed by atoms with Crippen LogP contribution in [0.15, 0.2) is 18.2 Å². The molecule has 0 amide bonds. The molecule has 2 rings (SSSR count). The van der Waals surface area contributed by atoms with Gasteiger partial charge in [0.1, 0.15) is 0 Å². The molecule has 0 N–H and O–H groups in total. The Labute approximate surface area is 105 Å². The van der Waals surface area contributed by atoms with E-state index in [1.165, 1.54) is 29.4 Å². The molecule has 16 heavy (non-hydrogen) atoms. The van der Waals surface area contributed by atoms with Crippen LogP contribution < -0.4 is 10.2 Å². The van der Waals surface area contributed by atoms with Crippen molar-refractivity contribution < 1.29 is 0 Å². The highest BCUT2D eigenvalue weighted by Gasteiger charge is 2.28. The number of hydrogen-bond donors (Lipinski definition) is 0. The first-order chi connectivity index (χ1) is 7.63. The molecule has 1 aromatic carbocycles. The maximum absolute atomic E-state index is 6.08. The fourth-order valence-electron chi connectivity index (χ4n) is 2.62. The van der Waals surface area contributed by atoms with Gasteiger partial charge in [-0.25, -0.2) is 0 Å². The summed E-state index contributed by atoms with van der Waals surface area (Å²) in [6.07, 6.45) is 2.58. The summed E-state index contributed by atoms with van der Waals surface area (Å²) in [5, 5.41) is 1.29. The number of anilines is 1. The van der Waals surface area contributed by atoms with Gasteiger partial charge < -0.3 is 4.90 Å². The number of aryl methyl sites for hydroxylation is 1. The van der Waals surface area contributed by atoms with E-state index in [1.54, 1.807) is 0 Å². The van der Waals surface area contributed by atoms with Gasteiger partial charge in [0, 0.05) is 31.0 Å². The summed E-state index contributed by atoms with van der Waals surface area (Å²) in [6.45, 7) is 6.75. The van der Waals surface area contributed by atoms with Crippen molar-refractivity contribution in [2.45, 2.75) is 45.7 Å². The summed E-state index contributed by atoms with van der Waals surface area (Å²) in [6, 6.07) is 7.93. The molecule has 0 aliphatic carbocycles. The molecule has 1 nitrogen and oxygen atoms in total. The Morgan fingerprint density at radius 3 is 2.44 bits per heavy atom. The second-order valence-electron chi connectivity index (χ2n) is 4.80. The summed E-state index contributed by atoms with van der Waals surface area (Å²) in [4.78, 5) is 2.53. The Morgan fingerprint density at radius 1 is 1.25 bits per heavy atom. The molecule has 0 spiro atoms. The van der Waals surface area contributed by atoms with Gasteiger partial charge in [-0.2, -0.15) is 0 Å². The zero-order chi connectivity index (χ0) is 11.7. The van der Waals surface area contributed by atoms with Crippen LogP contribution in [0.3, 0.4) is 0 Å². The molecular weight excluding hydrogens is 237 g/mol. The summed E-state index contributed by atoms with van der Waals surface area (Å²) in [5.74, 6) is 0. The first-order valence-electron chi connectivity index (χ1n) is 5.89. The van der Waals surface area contributed by atoms with Gasteiger partial charge >= 0.3 is 0 Å². The van der Waals surface area contributed by atoms with E-state index in [1.807, 2.05) is 0 Å². The Kier molecular flexibility index (Phi) is 3.77. The topological polar surface area (TPSA) is 3.24 Å². The van der Waals surface area contributed by atoms with Crippen molar-refractivity contribution in [3.8, 4) is 0 Å². The third-order valence-corrected chi connectivity index (χ3v) is 4.70. The Balaban J connectivity index is 2.39. The minimum atomic E-state index is 0.362. The molecule has 88 valence electrons. The SMILES string of the molecule is Cc1ccc(N2C(C)CC[C@@H]2C)c(PCl)c1. The fourth-order valence-corrected chi connectivity index (χ4v) is 3.67. The van der Waals surface area contributed by atoms with Crippen LogP contribution in [0.5, 0.6) is 0 Å². The van der Waals surface area contributed by atoms with E-state index < -0.39 is 0 Å². The van der Waals surface area contributed by atoms with Crippen LogP contribution in [0.25, 0.3) is 0 Å². The number of hydrogen-bond acceptors (Lipinski definition) is 1. The number of halogens is 1. The van der Waals surface area contributed by atoms with E-state index in [-0.39, 0.29) is 0 Å². The molecule has 0 bridgehead atoms. The second kappa shape index (κ2) is 4.94. The molecule has 3 heteroatoms. The van der Waals surface area contributed by atoms with Crippen LogP contribution in [-0.2, 0) is 0 Å². The van der Waals surface area contributed by atoms with E-state index in [9.17, 15) is 0 Å². The zero-order valence-electron chi connectivity index (χ0n) is 10.1. The van der Waals surface area contributed by atoms with Gasteiger partial charge in [0.25, 0.3) is 0 Å². The van der Waals surface area contributed by atoms with E-state index in [4.69, 9.17) is 11.2 Å². The molecule has 0 radical (unpaired) electrons. The molecule has 1 heterocycles. The van der Waals surface area contributed by atoms with Crippen molar-refractivity contribution in [2.75, 3.05) is 4.90 Å². The van der Waals surface area contributed by atoms with Crippen molar-refractivity contribution in [1.82, 2.24) is 0 Å². The largest absolute Gasteiger partial charge is 0.366 e. The lowest BCUT2D eigenvalue weighted by atomic mass is 10.2. The van der Waals surface area contributed by atoms with E-state index in [0.717, 1.165) is 0 Å². The van der Waals surface area contributed by atoms with Crippen molar-refractivity contribution in [1.29, 1.82) is 0 Å². The molecule has 1 fully saturated rings. The number of nitrogens with zero attached hydrogens (tertiary/aromatic N) is 1. The summed E-state index contributed by atoms with van der Waals surface area (Å²) in [5.41, 5.74) is 2.64. The van der Waals surface area contributed by atoms with Crippen molar-refractivity contribution in [3.05, 3.63) is 23.8 Å². The zero-order valence-corrected chi connectivity index (χ0v) is 11.9. The Hall–Kier alpha value is -0.260. The van der Waals surface area contributed by atoms with Gasteiger partial charge in [0.2, 0.25) is 0 Å². The van der Waals surface area contributed by atoms with Crippen molar-refractivity contribution in [2.24, 2.45) is 0 Å². The number of rotatable bonds is 2. The predicted octanol–water partition coefficient (Wildman–Crippen LogP) is 3.83. The van der Waals surface area contributed by atoms with Gasteiger partial charge in [-0.15, -0.1) is 0 Å². The van der Waals surface area contributed by atoms with Gasteiger partial charge in [0.05, 0.1) is 0 Å². The predicted molar refractivity (Wildman–Crippen MR) is 75.6 cm³/mol. The summed E-state index contributed by atoms with van der Waals surface area (Å²) in [7, 11) is 0.362. The molecule has 2 unspecified atom stereocenters. The first kappa shape index (κ1) is 12.2. The fraction of sp³-hybridized carbons (Fsp3) is 0.538. The molecule has 0 saturated carbocycles. The average molecular weight is 256 g/mol. The Morgan fingerprint density at radius 2 is 1.88 bits per heavy atom. The van der Waals surface area contributed by atoms with Crippen molar-refractivity contribution in [3.63, 3.8) is 0 Å². The van der Waals surface area contributed by atoms with Crippen LogP contribution in [0.1, 0.15) is 32.3 Å². The minimum absolute atomic E-state index is 0.362. The first-order valence-corrected chi connectivity index (χ1v) is 7.90. The van der Waals surface area contributed by atoms with Gasteiger partial charge in [-0.05, 0) is 45.7 Å². The quantitative estimate of drug-likeness (QED) is 0.726. The molecule has 1 aliphatic heterocycles. The highest BCUT2D eigenvalue weighted by atomic mass is 35.7. The highest BCUT2D eigenvalue weighted by molar-refractivity contribution is 7.75. The van der Waals surface area contributed by atoms with E-state index in [2.05, 4.69) is 43.9 Å². The normalized spacial score (nSPS) is 25.9. The maximum Gasteiger partial charge on any atom is 0.0458 e. The lowest BCUT2D eigenvalue weighted by Crippen LogP contribution is -2.35. The third kappa shape index (κ3) is 2.21. The van der Waals surface area contributed by atoms with Crippen LogP contribution in [0.4, 0.5) is 5.69 Å². The smallest absolute Gasteiger partial charge is 0.0458 e. The standard InChI is InChI=1S/C13H19ClNP/c1-9-4-7-12(13(8-9)16-14)15-10(2)5-6-11(15)3/h4,7-8,10-11,16H,5-6H2,1-3H3/t10-,11?/m0/s1. The second-order valence-corrected chi connectivity index (χ2v) is 6.09. The lowest BCUT2D eigenvalue weighted by molar-refractivity contribution is 0.696. The highest BCUT2D eigenvalue weighted by Crippen LogP contribution is 2.33. The molecule has 3 atom stereocenters.